The summed E-state index contributed by atoms with van der Waals surface area (Å²) in [5.41, 5.74) is 0.958. The third kappa shape index (κ3) is 3.03. The van der Waals surface area contributed by atoms with Crippen molar-refractivity contribution in [3.8, 4) is 0 Å². The van der Waals surface area contributed by atoms with Crippen molar-refractivity contribution in [1.29, 1.82) is 0 Å². The minimum Gasteiger partial charge on any atom is -0.390 e. The van der Waals surface area contributed by atoms with Gasteiger partial charge in [0.1, 0.15) is 4.90 Å². The predicted molar refractivity (Wildman–Crippen MR) is 76.7 cm³/mol. The van der Waals surface area contributed by atoms with Gasteiger partial charge < -0.3 is 10.1 Å². The molecule has 0 spiro atoms. The van der Waals surface area contributed by atoms with Gasteiger partial charge in [0.25, 0.3) is 10.0 Å². The molecule has 2 rings (SSSR count). The normalized spacial score (nSPS) is 11.4. The first-order valence-electron chi connectivity index (χ1n) is 5.08. The quantitative estimate of drug-likeness (QED) is 0.711. The number of sulfonamides is 1. The van der Waals surface area contributed by atoms with E-state index in [-0.39, 0.29) is 11.5 Å². The molecule has 0 aliphatic rings. The maximum atomic E-state index is 12.0. The van der Waals surface area contributed by atoms with Crippen LogP contribution in [0.3, 0.4) is 0 Å². The molecule has 0 fully saturated rings. The lowest BCUT2D eigenvalue weighted by atomic mass is 10.3. The Hall–Kier alpha value is -1.06. The third-order valence-electron chi connectivity index (χ3n) is 2.29. The Kier molecular flexibility index (Phi) is 3.93. The average molecular weight is 378 g/mol. The highest BCUT2D eigenvalue weighted by Gasteiger charge is 2.15. The van der Waals surface area contributed by atoms with Crippen molar-refractivity contribution < 1.29 is 13.5 Å². The molecular formula is C11H11IN2O3S. The Bertz CT molecular complexity index is 635. The van der Waals surface area contributed by atoms with Gasteiger partial charge in [-0.25, -0.2) is 8.42 Å². The monoisotopic (exact) mass is 378 g/mol. The molecule has 0 saturated heterocycles. The number of aromatic nitrogens is 1. The van der Waals surface area contributed by atoms with E-state index >= 15 is 0 Å². The van der Waals surface area contributed by atoms with Crippen molar-refractivity contribution in [2.75, 3.05) is 4.72 Å². The molecule has 0 aliphatic carbocycles. The van der Waals surface area contributed by atoms with Gasteiger partial charge in [-0.3, -0.25) is 4.72 Å². The van der Waals surface area contributed by atoms with Gasteiger partial charge in [0.2, 0.25) is 0 Å². The molecule has 1 heterocycles. The van der Waals surface area contributed by atoms with Crippen LogP contribution in [0.5, 0.6) is 0 Å². The van der Waals surface area contributed by atoms with Crippen LogP contribution in [-0.2, 0) is 16.6 Å². The Morgan fingerprint density at radius 3 is 2.50 bits per heavy atom. The van der Waals surface area contributed by atoms with Gasteiger partial charge in [0.05, 0.1) is 6.61 Å². The number of nitrogens with one attached hydrogen (secondary N) is 2. The molecule has 0 amide bonds. The highest BCUT2D eigenvalue weighted by molar-refractivity contribution is 14.1. The molecule has 7 heteroatoms. The lowest BCUT2D eigenvalue weighted by molar-refractivity contribution is 0.277. The fourth-order valence-corrected chi connectivity index (χ4v) is 2.83. The molecule has 2 aromatic rings. The maximum absolute atomic E-state index is 12.0. The van der Waals surface area contributed by atoms with E-state index in [1.165, 1.54) is 12.3 Å². The van der Waals surface area contributed by atoms with Gasteiger partial charge in [-0.05, 0) is 52.9 Å². The molecule has 5 nitrogen and oxygen atoms in total. The van der Waals surface area contributed by atoms with Gasteiger partial charge in [0.15, 0.2) is 0 Å². The number of hydrogen-bond donors (Lipinski definition) is 3. The molecule has 0 atom stereocenters. The lowest BCUT2D eigenvalue weighted by Crippen LogP contribution is -2.12. The highest BCUT2D eigenvalue weighted by atomic mass is 127. The molecule has 18 heavy (non-hydrogen) atoms. The Balaban J connectivity index is 2.24. The van der Waals surface area contributed by atoms with Crippen molar-refractivity contribution in [1.82, 2.24) is 4.98 Å². The van der Waals surface area contributed by atoms with E-state index in [0.717, 1.165) is 3.57 Å². The van der Waals surface area contributed by atoms with Crippen LogP contribution in [0.25, 0.3) is 0 Å². The van der Waals surface area contributed by atoms with Gasteiger partial charge in [-0.2, -0.15) is 0 Å². The number of aromatic amines is 1. The largest absolute Gasteiger partial charge is 0.390 e. The van der Waals surface area contributed by atoms with Crippen LogP contribution < -0.4 is 4.72 Å². The number of benzene rings is 1. The summed E-state index contributed by atoms with van der Waals surface area (Å²) in [7, 11) is -3.61. The summed E-state index contributed by atoms with van der Waals surface area (Å²) in [6.07, 6.45) is 1.35. The SMILES string of the molecule is O=S(=O)(Nc1ccc(I)cc1)c1c[nH]c(CO)c1. The first-order chi connectivity index (χ1) is 8.51. The van der Waals surface area contributed by atoms with Crippen molar-refractivity contribution in [2.45, 2.75) is 11.5 Å². The lowest BCUT2D eigenvalue weighted by Gasteiger charge is -2.06. The van der Waals surface area contributed by atoms with Crippen LogP contribution in [0.4, 0.5) is 5.69 Å². The number of aliphatic hydroxyl groups excluding tert-OH is 1. The molecule has 0 radical (unpaired) electrons. The van der Waals surface area contributed by atoms with E-state index in [9.17, 15) is 8.42 Å². The van der Waals surface area contributed by atoms with E-state index in [4.69, 9.17) is 5.11 Å². The molecule has 1 aromatic carbocycles. The summed E-state index contributed by atoms with van der Waals surface area (Å²) in [5, 5.41) is 8.89. The molecule has 0 unspecified atom stereocenters. The molecule has 0 saturated carbocycles. The number of rotatable bonds is 4. The summed E-state index contributed by atoms with van der Waals surface area (Å²) in [5.74, 6) is 0. The van der Waals surface area contributed by atoms with Gasteiger partial charge >= 0.3 is 0 Å². The summed E-state index contributed by atoms with van der Waals surface area (Å²) < 4.78 is 27.5. The second-order valence-corrected chi connectivity index (χ2v) is 6.56. The zero-order valence-electron chi connectivity index (χ0n) is 9.22. The Morgan fingerprint density at radius 1 is 1.28 bits per heavy atom. The number of aliphatic hydroxyl groups is 1. The standard InChI is InChI=1S/C11H11IN2O3S/c12-8-1-3-9(4-2-8)14-18(16,17)11-5-10(7-15)13-6-11/h1-6,13-15H,7H2. The summed E-state index contributed by atoms with van der Waals surface area (Å²) in [6, 6.07) is 8.41. The van der Waals surface area contributed by atoms with Crippen LogP contribution in [0.1, 0.15) is 5.69 Å². The predicted octanol–water partition coefficient (Wildman–Crippen LogP) is 1.91. The van der Waals surface area contributed by atoms with Crippen LogP contribution in [-0.4, -0.2) is 18.5 Å². The maximum Gasteiger partial charge on any atom is 0.263 e. The first kappa shape index (κ1) is 13.4. The molecule has 3 N–H and O–H groups in total. The summed E-state index contributed by atoms with van der Waals surface area (Å²) in [4.78, 5) is 2.79. The number of H-pyrrole nitrogens is 1. The minimum absolute atomic E-state index is 0.102. The number of hydrogen-bond acceptors (Lipinski definition) is 3. The van der Waals surface area contributed by atoms with E-state index in [0.29, 0.717) is 11.4 Å². The second kappa shape index (κ2) is 5.29. The smallest absolute Gasteiger partial charge is 0.263 e. The zero-order valence-corrected chi connectivity index (χ0v) is 12.2. The zero-order chi connectivity index (χ0) is 13.2. The highest BCUT2D eigenvalue weighted by Crippen LogP contribution is 2.17. The van der Waals surface area contributed by atoms with E-state index in [2.05, 4.69) is 32.3 Å². The average Bonchev–Trinajstić information content (AvgIpc) is 2.81. The number of anilines is 1. The molecule has 0 bridgehead atoms. The van der Waals surface area contributed by atoms with Crippen LogP contribution in [0, 0.1) is 3.57 Å². The molecular weight excluding hydrogens is 367 g/mol. The van der Waals surface area contributed by atoms with Crippen molar-refractivity contribution >= 4 is 38.3 Å². The molecule has 96 valence electrons. The van der Waals surface area contributed by atoms with Gasteiger partial charge in [0, 0.05) is 21.1 Å². The fourth-order valence-electron chi connectivity index (χ4n) is 1.40. The van der Waals surface area contributed by atoms with E-state index in [1.807, 2.05) is 12.1 Å². The number of halogens is 1. The van der Waals surface area contributed by atoms with Crippen LogP contribution in [0.15, 0.2) is 41.4 Å². The minimum atomic E-state index is -3.61. The summed E-state index contributed by atoms with van der Waals surface area (Å²) >= 11 is 2.14. The first-order valence-corrected chi connectivity index (χ1v) is 7.64. The van der Waals surface area contributed by atoms with Gasteiger partial charge in [-0.1, -0.05) is 0 Å². The van der Waals surface area contributed by atoms with Crippen molar-refractivity contribution in [2.24, 2.45) is 0 Å². The Labute approximate surface area is 118 Å². The fraction of sp³-hybridized carbons (Fsp3) is 0.0909. The topological polar surface area (TPSA) is 82.2 Å². The van der Waals surface area contributed by atoms with Crippen molar-refractivity contribution in [3.05, 3.63) is 45.8 Å². The Morgan fingerprint density at radius 2 is 1.94 bits per heavy atom. The van der Waals surface area contributed by atoms with Crippen LogP contribution in [0.2, 0.25) is 0 Å². The molecule has 1 aromatic heterocycles. The van der Waals surface area contributed by atoms with Crippen LogP contribution >= 0.6 is 22.6 Å². The van der Waals surface area contributed by atoms with Crippen molar-refractivity contribution in [3.63, 3.8) is 0 Å². The second-order valence-electron chi connectivity index (χ2n) is 3.63. The third-order valence-corrected chi connectivity index (χ3v) is 4.37. The molecule has 0 aliphatic heterocycles. The van der Waals surface area contributed by atoms with Gasteiger partial charge in [-0.15, -0.1) is 0 Å². The summed E-state index contributed by atoms with van der Waals surface area (Å²) in [6.45, 7) is -0.223. The van der Waals surface area contributed by atoms with E-state index < -0.39 is 10.0 Å². The van der Waals surface area contributed by atoms with E-state index in [1.54, 1.807) is 12.1 Å².